The summed E-state index contributed by atoms with van der Waals surface area (Å²) in [5, 5.41) is 13.5. The van der Waals surface area contributed by atoms with E-state index < -0.39 is 0 Å². The van der Waals surface area contributed by atoms with Crippen LogP contribution < -0.4 is 5.32 Å². The monoisotopic (exact) mass is 233 g/mol. The number of hydrogen-bond donors (Lipinski definition) is 2. The van der Waals surface area contributed by atoms with Gasteiger partial charge in [0.15, 0.2) is 0 Å². The summed E-state index contributed by atoms with van der Waals surface area (Å²) in [6, 6.07) is 8.40. The molecule has 0 saturated heterocycles. The zero-order chi connectivity index (χ0) is 12.4. The minimum absolute atomic E-state index is 0.217. The Morgan fingerprint density at radius 2 is 1.94 bits per heavy atom. The van der Waals surface area contributed by atoms with Crippen LogP contribution in [0.2, 0.25) is 0 Å². The fourth-order valence-electron chi connectivity index (χ4n) is 2.86. The molecular weight excluding hydrogens is 210 g/mol. The number of rotatable bonds is 3. The van der Waals surface area contributed by atoms with Crippen molar-refractivity contribution in [3.63, 3.8) is 0 Å². The normalized spacial score (nSPS) is 30.4. The van der Waals surface area contributed by atoms with Crippen molar-refractivity contribution in [2.24, 2.45) is 11.8 Å². The molecule has 1 aromatic carbocycles. The minimum atomic E-state index is 0.217. The lowest BCUT2D eigenvalue weighted by Crippen LogP contribution is -2.34. The third kappa shape index (κ3) is 2.63. The first-order chi connectivity index (χ1) is 8.09. The van der Waals surface area contributed by atoms with Crippen LogP contribution in [-0.2, 0) is 0 Å². The Kier molecular flexibility index (Phi) is 3.72. The molecule has 0 aromatic heterocycles. The molecule has 1 aliphatic carbocycles. The fraction of sp³-hybridized carbons (Fsp3) is 0.600. The molecule has 1 aliphatic rings. The summed E-state index contributed by atoms with van der Waals surface area (Å²) in [4.78, 5) is 0. The highest BCUT2D eigenvalue weighted by atomic mass is 16.3. The number of para-hydroxylation sites is 1. The van der Waals surface area contributed by atoms with Crippen LogP contribution in [-0.4, -0.2) is 11.1 Å². The Morgan fingerprint density at radius 1 is 1.24 bits per heavy atom. The number of hydrogen-bond acceptors (Lipinski definition) is 2. The second kappa shape index (κ2) is 5.09. The number of nitrogens with one attached hydrogen (secondary N) is 1. The molecule has 0 aliphatic heterocycles. The molecule has 0 bridgehead atoms. The van der Waals surface area contributed by atoms with Gasteiger partial charge in [-0.3, -0.25) is 0 Å². The van der Waals surface area contributed by atoms with Crippen molar-refractivity contribution in [2.75, 3.05) is 0 Å². The van der Waals surface area contributed by atoms with Gasteiger partial charge in [0.1, 0.15) is 5.75 Å². The second-order valence-electron chi connectivity index (χ2n) is 5.47. The molecule has 2 heteroatoms. The second-order valence-corrected chi connectivity index (χ2v) is 5.47. The lowest BCUT2D eigenvalue weighted by Gasteiger charge is -2.25. The highest BCUT2D eigenvalue weighted by molar-refractivity contribution is 5.34. The van der Waals surface area contributed by atoms with E-state index in [0.29, 0.717) is 11.8 Å². The van der Waals surface area contributed by atoms with Gasteiger partial charge in [-0.2, -0.15) is 0 Å². The van der Waals surface area contributed by atoms with Crippen molar-refractivity contribution >= 4 is 0 Å². The third-order valence-electron chi connectivity index (χ3n) is 4.33. The Morgan fingerprint density at radius 3 is 2.53 bits per heavy atom. The van der Waals surface area contributed by atoms with Crippen LogP contribution in [0.5, 0.6) is 5.75 Å². The highest BCUT2D eigenvalue weighted by Gasteiger charge is 2.30. The Hall–Kier alpha value is -1.02. The predicted octanol–water partition coefficient (Wildman–Crippen LogP) is 3.48. The molecule has 0 heterocycles. The molecule has 2 nitrogen and oxygen atoms in total. The van der Waals surface area contributed by atoms with Crippen LogP contribution >= 0.6 is 0 Å². The summed E-state index contributed by atoms with van der Waals surface area (Å²) in [6.07, 6.45) is 2.56. The summed E-state index contributed by atoms with van der Waals surface area (Å²) in [6.45, 7) is 6.79. The van der Waals surface area contributed by atoms with E-state index in [2.05, 4.69) is 26.1 Å². The molecule has 4 unspecified atom stereocenters. The van der Waals surface area contributed by atoms with Gasteiger partial charge in [0.25, 0.3) is 0 Å². The van der Waals surface area contributed by atoms with Gasteiger partial charge in [0, 0.05) is 17.6 Å². The van der Waals surface area contributed by atoms with E-state index in [-0.39, 0.29) is 6.04 Å². The fourth-order valence-corrected chi connectivity index (χ4v) is 2.86. The molecule has 0 amide bonds. The minimum Gasteiger partial charge on any atom is -0.508 e. The molecule has 0 radical (unpaired) electrons. The molecule has 1 fully saturated rings. The molecule has 4 atom stereocenters. The molecule has 94 valence electrons. The molecule has 2 rings (SSSR count). The van der Waals surface area contributed by atoms with Crippen molar-refractivity contribution in [3.05, 3.63) is 29.8 Å². The molecule has 17 heavy (non-hydrogen) atoms. The van der Waals surface area contributed by atoms with Gasteiger partial charge in [-0.15, -0.1) is 0 Å². The van der Waals surface area contributed by atoms with E-state index in [4.69, 9.17) is 0 Å². The lowest BCUT2D eigenvalue weighted by atomic mass is 9.96. The molecule has 1 saturated carbocycles. The largest absolute Gasteiger partial charge is 0.508 e. The molecular formula is C15H23NO. The van der Waals surface area contributed by atoms with Gasteiger partial charge in [0.2, 0.25) is 0 Å². The first-order valence-electron chi connectivity index (χ1n) is 6.63. The van der Waals surface area contributed by atoms with Crippen LogP contribution in [0.15, 0.2) is 24.3 Å². The summed E-state index contributed by atoms with van der Waals surface area (Å²) in [5.41, 5.74) is 0.999. The van der Waals surface area contributed by atoms with Crippen LogP contribution in [0.4, 0.5) is 0 Å². The third-order valence-corrected chi connectivity index (χ3v) is 4.33. The summed E-state index contributed by atoms with van der Waals surface area (Å²) < 4.78 is 0. The van der Waals surface area contributed by atoms with E-state index >= 15 is 0 Å². The van der Waals surface area contributed by atoms with E-state index in [1.54, 1.807) is 6.07 Å². The summed E-state index contributed by atoms with van der Waals surface area (Å²) >= 11 is 0. The SMILES string of the molecule is CC(NC1CCC(C)C1C)c1ccccc1O. The molecule has 0 spiro atoms. The quantitative estimate of drug-likeness (QED) is 0.837. The predicted molar refractivity (Wildman–Crippen MR) is 71.0 cm³/mol. The number of phenolic OH excluding ortho intramolecular Hbond substituents is 1. The van der Waals surface area contributed by atoms with E-state index in [9.17, 15) is 5.11 Å². The van der Waals surface area contributed by atoms with Gasteiger partial charge in [0.05, 0.1) is 0 Å². The molecule has 1 aromatic rings. The van der Waals surface area contributed by atoms with Gasteiger partial charge in [-0.25, -0.2) is 0 Å². The van der Waals surface area contributed by atoms with E-state index in [1.807, 2.05) is 18.2 Å². The van der Waals surface area contributed by atoms with Crippen molar-refractivity contribution in [1.82, 2.24) is 5.32 Å². The number of benzene rings is 1. The van der Waals surface area contributed by atoms with Crippen LogP contribution in [0.3, 0.4) is 0 Å². The van der Waals surface area contributed by atoms with Crippen molar-refractivity contribution in [1.29, 1.82) is 0 Å². The maximum Gasteiger partial charge on any atom is 0.120 e. The van der Waals surface area contributed by atoms with E-state index in [1.165, 1.54) is 12.8 Å². The van der Waals surface area contributed by atoms with Gasteiger partial charge >= 0.3 is 0 Å². The van der Waals surface area contributed by atoms with Crippen LogP contribution in [0.1, 0.15) is 45.2 Å². The Labute approximate surface area is 104 Å². The zero-order valence-corrected chi connectivity index (χ0v) is 11.0. The summed E-state index contributed by atoms with van der Waals surface area (Å²) in [7, 11) is 0. The zero-order valence-electron chi connectivity index (χ0n) is 11.0. The average Bonchev–Trinajstić information content (AvgIpc) is 2.61. The maximum absolute atomic E-state index is 9.83. The van der Waals surface area contributed by atoms with Crippen molar-refractivity contribution < 1.29 is 5.11 Å². The van der Waals surface area contributed by atoms with Crippen molar-refractivity contribution in [2.45, 2.75) is 45.7 Å². The topological polar surface area (TPSA) is 32.3 Å². The summed E-state index contributed by atoms with van der Waals surface area (Å²) in [5.74, 6) is 1.93. The van der Waals surface area contributed by atoms with Crippen LogP contribution in [0.25, 0.3) is 0 Å². The average molecular weight is 233 g/mol. The first kappa shape index (κ1) is 12.4. The lowest BCUT2D eigenvalue weighted by molar-refractivity contribution is 0.342. The van der Waals surface area contributed by atoms with Gasteiger partial charge < -0.3 is 10.4 Å². The van der Waals surface area contributed by atoms with Gasteiger partial charge in [-0.05, 0) is 37.7 Å². The molecule has 2 N–H and O–H groups in total. The van der Waals surface area contributed by atoms with E-state index in [0.717, 1.165) is 17.4 Å². The number of aromatic hydroxyl groups is 1. The smallest absolute Gasteiger partial charge is 0.120 e. The Balaban J connectivity index is 2.02. The Bertz CT molecular complexity index is 377. The van der Waals surface area contributed by atoms with Crippen molar-refractivity contribution in [3.8, 4) is 5.75 Å². The van der Waals surface area contributed by atoms with Gasteiger partial charge in [-0.1, -0.05) is 32.0 Å². The number of phenols is 1. The van der Waals surface area contributed by atoms with Crippen LogP contribution in [0, 0.1) is 11.8 Å². The highest BCUT2D eigenvalue weighted by Crippen LogP contribution is 2.33. The maximum atomic E-state index is 9.83. The standard InChI is InChI=1S/C15H23NO/c1-10-8-9-14(11(10)2)16-12(3)13-6-4-5-7-15(13)17/h4-7,10-12,14,16-17H,8-9H2,1-3H3. The first-order valence-corrected chi connectivity index (χ1v) is 6.63.